The molecule has 126 valence electrons. The lowest BCUT2D eigenvalue weighted by Gasteiger charge is -2.44. The molecular weight excluding hydrogens is 310 g/mol. The fourth-order valence-electron chi connectivity index (χ4n) is 2.83. The van der Waals surface area contributed by atoms with Gasteiger partial charge >= 0.3 is 0 Å². The molecule has 3 rings (SSSR count). The van der Waals surface area contributed by atoms with E-state index in [2.05, 4.69) is 0 Å². The number of aliphatic hydroxyl groups excluding tert-OH is 1. The van der Waals surface area contributed by atoms with Gasteiger partial charge in [0, 0.05) is 18.2 Å². The number of carbonyl (C=O) groups is 1. The van der Waals surface area contributed by atoms with E-state index in [1.54, 1.807) is 51.7 Å². The molecule has 1 amide bonds. The van der Waals surface area contributed by atoms with E-state index in [9.17, 15) is 9.90 Å². The third-order valence-corrected chi connectivity index (χ3v) is 4.14. The Kier molecular flexibility index (Phi) is 4.31. The van der Waals surface area contributed by atoms with Crippen LogP contribution in [0.4, 0.5) is 5.69 Å². The molecule has 0 saturated carbocycles. The van der Waals surface area contributed by atoms with Crippen molar-refractivity contribution >= 4 is 11.6 Å². The van der Waals surface area contributed by atoms with E-state index < -0.39 is 12.1 Å². The molecule has 0 spiro atoms. The number of β-lactam (4-membered cyclic amide) rings is 1. The van der Waals surface area contributed by atoms with E-state index in [0.29, 0.717) is 22.9 Å². The van der Waals surface area contributed by atoms with Crippen molar-refractivity contribution in [2.45, 2.75) is 12.1 Å². The molecule has 1 saturated heterocycles. The zero-order valence-electron chi connectivity index (χ0n) is 13.7. The first kappa shape index (κ1) is 16.1. The van der Waals surface area contributed by atoms with Gasteiger partial charge in [-0.2, -0.15) is 0 Å². The number of nitrogens with zero attached hydrogens (tertiary/aromatic N) is 1. The van der Waals surface area contributed by atoms with Crippen LogP contribution >= 0.6 is 0 Å². The minimum absolute atomic E-state index is 0.355. The molecule has 2 atom stereocenters. The second kappa shape index (κ2) is 6.41. The van der Waals surface area contributed by atoms with Crippen LogP contribution in [0.5, 0.6) is 17.2 Å². The minimum atomic E-state index is -1.07. The van der Waals surface area contributed by atoms with Gasteiger partial charge in [0.15, 0.2) is 6.10 Å². The number of benzene rings is 2. The van der Waals surface area contributed by atoms with Gasteiger partial charge in [0.25, 0.3) is 5.91 Å². The fourth-order valence-corrected chi connectivity index (χ4v) is 2.83. The van der Waals surface area contributed by atoms with E-state index in [0.717, 1.165) is 5.56 Å². The Bertz CT molecular complexity index is 721. The number of rotatable bonds is 5. The minimum Gasteiger partial charge on any atom is -0.497 e. The van der Waals surface area contributed by atoms with Crippen molar-refractivity contribution in [1.82, 2.24) is 0 Å². The van der Waals surface area contributed by atoms with Gasteiger partial charge in [0.05, 0.1) is 33.1 Å². The summed E-state index contributed by atoms with van der Waals surface area (Å²) in [5, 5.41) is 10.2. The number of aliphatic hydroxyl groups is 1. The summed E-state index contributed by atoms with van der Waals surface area (Å²) in [5.74, 6) is 1.51. The Balaban J connectivity index is 1.97. The highest BCUT2D eigenvalue weighted by molar-refractivity contribution is 6.05. The average Bonchev–Trinajstić information content (AvgIpc) is 2.64. The molecule has 6 nitrogen and oxygen atoms in total. The largest absolute Gasteiger partial charge is 0.497 e. The van der Waals surface area contributed by atoms with Crippen molar-refractivity contribution in [1.29, 1.82) is 0 Å². The van der Waals surface area contributed by atoms with Crippen LogP contribution in [0, 0.1) is 0 Å². The monoisotopic (exact) mass is 329 g/mol. The number of amides is 1. The first-order chi connectivity index (χ1) is 11.6. The van der Waals surface area contributed by atoms with Crippen LogP contribution in [0.15, 0.2) is 42.5 Å². The van der Waals surface area contributed by atoms with Gasteiger partial charge in [-0.15, -0.1) is 0 Å². The number of ether oxygens (including phenoxy) is 3. The predicted octanol–water partition coefficient (Wildman–Crippen LogP) is 2.16. The molecule has 0 unspecified atom stereocenters. The van der Waals surface area contributed by atoms with Crippen LogP contribution in [0.2, 0.25) is 0 Å². The number of hydrogen-bond acceptors (Lipinski definition) is 5. The highest BCUT2D eigenvalue weighted by atomic mass is 16.5. The maximum Gasteiger partial charge on any atom is 0.259 e. The third-order valence-electron chi connectivity index (χ3n) is 4.14. The van der Waals surface area contributed by atoms with Gasteiger partial charge in [0.1, 0.15) is 17.2 Å². The van der Waals surface area contributed by atoms with Crippen molar-refractivity contribution in [3.63, 3.8) is 0 Å². The van der Waals surface area contributed by atoms with Gasteiger partial charge in [-0.3, -0.25) is 9.69 Å². The van der Waals surface area contributed by atoms with Gasteiger partial charge in [-0.05, 0) is 17.7 Å². The molecule has 2 aromatic rings. The van der Waals surface area contributed by atoms with Gasteiger partial charge in [-0.1, -0.05) is 12.1 Å². The van der Waals surface area contributed by atoms with E-state index in [4.69, 9.17) is 14.2 Å². The molecule has 24 heavy (non-hydrogen) atoms. The van der Waals surface area contributed by atoms with E-state index in [1.807, 2.05) is 12.1 Å². The van der Waals surface area contributed by atoms with Crippen LogP contribution < -0.4 is 19.1 Å². The molecular formula is C18H19NO5. The molecule has 0 aliphatic carbocycles. The lowest BCUT2D eigenvalue weighted by molar-refractivity contribution is -0.137. The Morgan fingerprint density at radius 1 is 0.875 bits per heavy atom. The molecule has 0 aromatic heterocycles. The molecule has 0 radical (unpaired) electrons. The summed E-state index contributed by atoms with van der Waals surface area (Å²) in [6, 6.07) is 12.0. The Morgan fingerprint density at radius 2 is 1.42 bits per heavy atom. The molecule has 1 N–H and O–H groups in total. The van der Waals surface area contributed by atoms with E-state index >= 15 is 0 Å². The first-order valence-electron chi connectivity index (χ1n) is 7.47. The van der Waals surface area contributed by atoms with E-state index in [1.165, 1.54) is 4.90 Å². The second-order valence-electron chi connectivity index (χ2n) is 5.44. The lowest BCUT2D eigenvalue weighted by Crippen LogP contribution is -2.59. The number of hydrogen-bond donors (Lipinski definition) is 1. The normalized spacial score (nSPS) is 19.7. The van der Waals surface area contributed by atoms with Gasteiger partial charge in [0.2, 0.25) is 0 Å². The van der Waals surface area contributed by atoms with Crippen molar-refractivity contribution in [2.75, 3.05) is 26.2 Å². The van der Waals surface area contributed by atoms with Crippen LogP contribution in [-0.4, -0.2) is 38.4 Å². The summed E-state index contributed by atoms with van der Waals surface area (Å²) in [6.07, 6.45) is -1.07. The molecule has 1 heterocycles. The summed E-state index contributed by atoms with van der Waals surface area (Å²) in [4.78, 5) is 13.8. The average molecular weight is 329 g/mol. The molecule has 1 fully saturated rings. The van der Waals surface area contributed by atoms with E-state index in [-0.39, 0.29) is 5.91 Å². The maximum atomic E-state index is 12.2. The molecule has 0 bridgehead atoms. The maximum absolute atomic E-state index is 12.2. The lowest BCUT2D eigenvalue weighted by atomic mass is 9.90. The van der Waals surface area contributed by atoms with Crippen LogP contribution in [0.1, 0.15) is 11.6 Å². The van der Waals surface area contributed by atoms with Crippen LogP contribution in [0.3, 0.4) is 0 Å². The number of anilines is 1. The number of methoxy groups -OCH3 is 3. The van der Waals surface area contributed by atoms with Crippen LogP contribution in [-0.2, 0) is 4.79 Å². The molecule has 1 aliphatic rings. The molecule has 1 aliphatic heterocycles. The Morgan fingerprint density at radius 3 is 1.92 bits per heavy atom. The van der Waals surface area contributed by atoms with Crippen molar-refractivity contribution in [2.24, 2.45) is 0 Å². The molecule has 6 heteroatoms. The van der Waals surface area contributed by atoms with Crippen LogP contribution in [0.25, 0.3) is 0 Å². The third kappa shape index (κ3) is 2.65. The SMILES string of the molecule is COc1ccc([C@@H]2[C@H](O)C(=O)N2c2cc(OC)cc(OC)c2)cc1. The second-order valence-corrected chi connectivity index (χ2v) is 5.44. The predicted molar refractivity (Wildman–Crippen MR) is 88.8 cm³/mol. The topological polar surface area (TPSA) is 68.2 Å². The van der Waals surface area contributed by atoms with Crippen molar-refractivity contribution in [3.05, 3.63) is 48.0 Å². The Labute approximate surface area is 140 Å². The smallest absolute Gasteiger partial charge is 0.259 e. The fraction of sp³-hybridized carbons (Fsp3) is 0.278. The summed E-state index contributed by atoms with van der Waals surface area (Å²) >= 11 is 0. The van der Waals surface area contributed by atoms with Gasteiger partial charge in [-0.25, -0.2) is 0 Å². The number of carbonyl (C=O) groups excluding carboxylic acids is 1. The van der Waals surface area contributed by atoms with Crippen molar-refractivity contribution in [3.8, 4) is 17.2 Å². The molecule has 2 aromatic carbocycles. The summed E-state index contributed by atoms with van der Waals surface area (Å²) in [5.41, 5.74) is 1.44. The Hall–Kier alpha value is -2.73. The highest BCUT2D eigenvalue weighted by Gasteiger charge is 2.48. The zero-order chi connectivity index (χ0) is 17.3. The van der Waals surface area contributed by atoms with Crippen molar-refractivity contribution < 1.29 is 24.1 Å². The summed E-state index contributed by atoms with van der Waals surface area (Å²) < 4.78 is 15.6. The zero-order valence-corrected chi connectivity index (χ0v) is 13.7. The highest BCUT2D eigenvalue weighted by Crippen LogP contribution is 2.42. The first-order valence-corrected chi connectivity index (χ1v) is 7.47. The summed E-state index contributed by atoms with van der Waals surface area (Å²) in [7, 11) is 4.68. The standard InChI is InChI=1S/C18H19NO5/c1-22-13-6-4-11(5-7-13)16-17(20)18(21)19(16)12-8-14(23-2)10-15(9-12)24-3/h4-10,16-17,20H,1-3H3/t16-,17+/m1/s1. The van der Waals surface area contributed by atoms with Gasteiger partial charge < -0.3 is 19.3 Å². The summed E-state index contributed by atoms with van der Waals surface area (Å²) in [6.45, 7) is 0. The quantitative estimate of drug-likeness (QED) is 0.852.